The summed E-state index contributed by atoms with van der Waals surface area (Å²) in [5, 5.41) is 2.70. The largest absolute Gasteiger partial charge is 0.323 e. The zero-order valence-electron chi connectivity index (χ0n) is 11.5. The Labute approximate surface area is 142 Å². The minimum absolute atomic E-state index is 0.0419. The Bertz CT molecular complexity index is 844. The molecule has 0 heterocycles. The molecule has 1 amide bonds. The van der Waals surface area contributed by atoms with E-state index in [1.54, 1.807) is 0 Å². The summed E-state index contributed by atoms with van der Waals surface area (Å²) in [6.45, 7) is 0. The SMILES string of the molecule is O=C(CCl)Nc1ccc(Cl)cc1NS(=O)(=O)c1cccc(F)c1. The molecule has 0 atom stereocenters. The average molecular weight is 377 g/mol. The summed E-state index contributed by atoms with van der Waals surface area (Å²) in [5.41, 5.74) is 0.222. The van der Waals surface area contributed by atoms with E-state index in [1.807, 2.05) is 0 Å². The minimum atomic E-state index is -4.05. The van der Waals surface area contributed by atoms with Crippen molar-refractivity contribution in [3.63, 3.8) is 0 Å². The smallest absolute Gasteiger partial charge is 0.262 e. The summed E-state index contributed by atoms with van der Waals surface area (Å²) in [7, 11) is -4.05. The van der Waals surface area contributed by atoms with E-state index in [0.717, 1.165) is 12.1 Å². The van der Waals surface area contributed by atoms with Gasteiger partial charge >= 0.3 is 0 Å². The number of amides is 1. The van der Waals surface area contributed by atoms with Crippen molar-refractivity contribution in [2.45, 2.75) is 4.90 Å². The van der Waals surface area contributed by atoms with Crippen LogP contribution in [-0.4, -0.2) is 20.2 Å². The van der Waals surface area contributed by atoms with E-state index in [9.17, 15) is 17.6 Å². The van der Waals surface area contributed by atoms with Gasteiger partial charge in [0.2, 0.25) is 5.91 Å². The number of hydrogen-bond donors (Lipinski definition) is 2. The van der Waals surface area contributed by atoms with Crippen molar-refractivity contribution in [3.8, 4) is 0 Å². The lowest BCUT2D eigenvalue weighted by atomic mass is 10.2. The summed E-state index contributed by atoms with van der Waals surface area (Å²) in [6.07, 6.45) is 0. The maximum Gasteiger partial charge on any atom is 0.262 e. The molecule has 9 heteroatoms. The molecule has 0 saturated heterocycles. The van der Waals surface area contributed by atoms with Gasteiger partial charge in [-0.2, -0.15) is 0 Å². The van der Waals surface area contributed by atoms with Gasteiger partial charge < -0.3 is 5.32 Å². The van der Waals surface area contributed by atoms with Gasteiger partial charge in [0, 0.05) is 5.02 Å². The highest BCUT2D eigenvalue weighted by Crippen LogP contribution is 2.28. The standard InChI is InChI=1S/C14H11Cl2FN2O3S/c15-8-14(20)18-12-5-4-9(16)6-13(12)19-23(21,22)11-3-1-2-10(17)7-11/h1-7,19H,8H2,(H,18,20). The lowest BCUT2D eigenvalue weighted by Crippen LogP contribution is -2.17. The molecular formula is C14H11Cl2FN2O3S. The van der Waals surface area contributed by atoms with Crippen LogP contribution in [0, 0.1) is 5.82 Å². The highest BCUT2D eigenvalue weighted by molar-refractivity contribution is 7.92. The van der Waals surface area contributed by atoms with Gasteiger partial charge in [-0.15, -0.1) is 11.6 Å². The number of halogens is 3. The lowest BCUT2D eigenvalue weighted by Gasteiger charge is -2.13. The monoisotopic (exact) mass is 376 g/mol. The molecule has 2 N–H and O–H groups in total. The van der Waals surface area contributed by atoms with E-state index < -0.39 is 21.7 Å². The lowest BCUT2D eigenvalue weighted by molar-refractivity contribution is -0.113. The van der Waals surface area contributed by atoms with Crippen LogP contribution >= 0.6 is 23.2 Å². The van der Waals surface area contributed by atoms with Gasteiger partial charge in [-0.1, -0.05) is 17.7 Å². The zero-order chi connectivity index (χ0) is 17.0. The summed E-state index contributed by atoms with van der Waals surface area (Å²) >= 11 is 11.3. The van der Waals surface area contributed by atoms with Crippen molar-refractivity contribution in [1.82, 2.24) is 0 Å². The molecule has 0 aromatic heterocycles. The molecule has 0 unspecified atom stereocenters. The third kappa shape index (κ3) is 4.57. The Kier molecular flexibility index (Phi) is 5.46. The fourth-order valence-electron chi connectivity index (χ4n) is 1.73. The average Bonchev–Trinajstić information content (AvgIpc) is 2.49. The van der Waals surface area contributed by atoms with E-state index in [1.165, 1.54) is 30.3 Å². The van der Waals surface area contributed by atoms with Crippen LogP contribution in [0.15, 0.2) is 47.4 Å². The van der Waals surface area contributed by atoms with Gasteiger partial charge in [0.25, 0.3) is 10.0 Å². The molecule has 0 radical (unpaired) electrons. The molecule has 2 aromatic rings. The Hall–Kier alpha value is -1.83. The number of sulfonamides is 1. The van der Waals surface area contributed by atoms with Crippen molar-refractivity contribution < 1.29 is 17.6 Å². The number of alkyl halides is 1. The van der Waals surface area contributed by atoms with E-state index in [0.29, 0.717) is 0 Å². The first-order valence-electron chi connectivity index (χ1n) is 6.25. The van der Waals surface area contributed by atoms with E-state index in [4.69, 9.17) is 23.2 Å². The molecule has 0 saturated carbocycles. The van der Waals surface area contributed by atoms with Crippen LogP contribution in [0.2, 0.25) is 5.02 Å². The summed E-state index contributed by atoms with van der Waals surface area (Å²) < 4.78 is 40.1. The number of carbonyl (C=O) groups is 1. The van der Waals surface area contributed by atoms with Gasteiger partial charge in [-0.25, -0.2) is 12.8 Å². The predicted molar refractivity (Wildman–Crippen MR) is 88.0 cm³/mol. The summed E-state index contributed by atoms with van der Waals surface area (Å²) in [4.78, 5) is 11.1. The van der Waals surface area contributed by atoms with Gasteiger partial charge in [0.05, 0.1) is 16.3 Å². The van der Waals surface area contributed by atoms with Crippen LogP contribution in [0.4, 0.5) is 15.8 Å². The number of hydrogen-bond acceptors (Lipinski definition) is 3. The molecule has 5 nitrogen and oxygen atoms in total. The second-order valence-corrected chi connectivity index (χ2v) is 6.82. The van der Waals surface area contributed by atoms with Crippen molar-refractivity contribution in [3.05, 3.63) is 53.3 Å². The van der Waals surface area contributed by atoms with Crippen LogP contribution < -0.4 is 10.0 Å². The van der Waals surface area contributed by atoms with Gasteiger partial charge in [-0.3, -0.25) is 9.52 Å². The second kappa shape index (κ2) is 7.16. The van der Waals surface area contributed by atoms with Crippen LogP contribution in [0.25, 0.3) is 0 Å². The molecule has 0 bridgehead atoms. The molecule has 122 valence electrons. The molecule has 0 aliphatic heterocycles. The Morgan fingerprint density at radius 3 is 2.52 bits per heavy atom. The molecule has 2 rings (SSSR count). The summed E-state index contributed by atoms with van der Waals surface area (Å²) in [6, 6.07) is 8.75. The number of nitrogens with one attached hydrogen (secondary N) is 2. The van der Waals surface area contributed by atoms with Crippen molar-refractivity contribution in [2.75, 3.05) is 15.9 Å². The number of rotatable bonds is 5. The van der Waals surface area contributed by atoms with Gasteiger partial charge in [-0.05, 0) is 36.4 Å². The fourth-order valence-corrected chi connectivity index (χ4v) is 3.07. The second-order valence-electron chi connectivity index (χ2n) is 4.43. The van der Waals surface area contributed by atoms with E-state index >= 15 is 0 Å². The van der Waals surface area contributed by atoms with E-state index in [2.05, 4.69) is 10.0 Å². The Balaban J connectivity index is 2.38. The van der Waals surface area contributed by atoms with Crippen LogP contribution in [0.3, 0.4) is 0 Å². The number of carbonyl (C=O) groups excluding carboxylic acids is 1. The quantitative estimate of drug-likeness (QED) is 0.784. The van der Waals surface area contributed by atoms with Crippen molar-refractivity contribution >= 4 is 50.5 Å². The van der Waals surface area contributed by atoms with Gasteiger partial charge in [0.1, 0.15) is 11.7 Å². The van der Waals surface area contributed by atoms with Crippen molar-refractivity contribution in [2.24, 2.45) is 0 Å². The topological polar surface area (TPSA) is 75.3 Å². The molecule has 23 heavy (non-hydrogen) atoms. The molecule has 0 fully saturated rings. The third-order valence-corrected chi connectivity index (χ3v) is 4.57. The molecular weight excluding hydrogens is 366 g/mol. The van der Waals surface area contributed by atoms with E-state index in [-0.39, 0.29) is 27.2 Å². The number of benzene rings is 2. The molecule has 2 aromatic carbocycles. The number of anilines is 2. The first-order chi connectivity index (χ1) is 10.8. The van der Waals surface area contributed by atoms with Crippen molar-refractivity contribution in [1.29, 1.82) is 0 Å². The Morgan fingerprint density at radius 1 is 1.13 bits per heavy atom. The maximum absolute atomic E-state index is 13.2. The van der Waals surface area contributed by atoms with Crippen LogP contribution in [-0.2, 0) is 14.8 Å². The summed E-state index contributed by atoms with van der Waals surface area (Å²) in [5.74, 6) is -1.49. The highest BCUT2D eigenvalue weighted by atomic mass is 35.5. The minimum Gasteiger partial charge on any atom is -0.323 e. The normalized spacial score (nSPS) is 11.1. The molecule has 0 aliphatic carbocycles. The first-order valence-corrected chi connectivity index (χ1v) is 8.65. The highest BCUT2D eigenvalue weighted by Gasteiger charge is 2.17. The molecule has 0 spiro atoms. The molecule has 0 aliphatic rings. The van der Waals surface area contributed by atoms with Gasteiger partial charge in [0.15, 0.2) is 0 Å². The predicted octanol–water partition coefficient (Wildman–Crippen LogP) is 3.46. The maximum atomic E-state index is 13.2. The first kappa shape index (κ1) is 17.5. The van der Waals surface area contributed by atoms with Crippen LogP contribution in [0.5, 0.6) is 0 Å². The van der Waals surface area contributed by atoms with Crippen LogP contribution in [0.1, 0.15) is 0 Å². The zero-order valence-corrected chi connectivity index (χ0v) is 13.8. The fraction of sp³-hybridized carbons (Fsp3) is 0.0714. The Morgan fingerprint density at radius 2 is 1.87 bits per heavy atom. The third-order valence-electron chi connectivity index (χ3n) is 2.73.